The van der Waals surface area contributed by atoms with Crippen molar-refractivity contribution in [1.82, 2.24) is 0 Å². The molecule has 6 heteroatoms. The Labute approximate surface area is 143 Å². The molecule has 1 aliphatic heterocycles. The first kappa shape index (κ1) is 15.0. The van der Waals surface area contributed by atoms with E-state index >= 15 is 0 Å². The number of hydrogen-bond donors (Lipinski definition) is 1. The molecule has 0 bridgehead atoms. The molecule has 2 aromatic rings. The number of ether oxygens (including phenoxy) is 1. The van der Waals surface area contributed by atoms with Crippen molar-refractivity contribution in [2.45, 2.75) is 0 Å². The van der Waals surface area contributed by atoms with Gasteiger partial charge >= 0.3 is 5.97 Å². The normalized spacial score (nSPS) is 15.8. The lowest BCUT2D eigenvalue weighted by molar-refractivity contribution is -0.129. The second-order valence-corrected chi connectivity index (χ2v) is 6.24. The number of carbonyl (C=O) groups excluding carboxylic acids is 1. The number of carbonyl (C=O) groups is 1. The van der Waals surface area contributed by atoms with E-state index in [-0.39, 0.29) is 17.3 Å². The lowest BCUT2D eigenvalue weighted by Gasteiger charge is -2.02. The van der Waals surface area contributed by atoms with Crippen LogP contribution >= 0.6 is 31.9 Å². The molecule has 0 unspecified atom stereocenters. The molecule has 0 saturated carbocycles. The number of phenols is 1. The highest BCUT2D eigenvalue weighted by Crippen LogP contribution is 2.34. The Morgan fingerprint density at radius 1 is 1.09 bits per heavy atom. The molecule has 4 nitrogen and oxygen atoms in total. The summed E-state index contributed by atoms with van der Waals surface area (Å²) in [4.78, 5) is 16.2. The first-order valence-electron chi connectivity index (χ1n) is 6.30. The van der Waals surface area contributed by atoms with E-state index in [1.54, 1.807) is 18.2 Å². The number of hydrogen-bond acceptors (Lipinski definition) is 4. The summed E-state index contributed by atoms with van der Waals surface area (Å²) in [5.74, 6) is -0.113. The highest BCUT2D eigenvalue weighted by atomic mass is 79.9. The van der Waals surface area contributed by atoms with Gasteiger partial charge in [-0.3, -0.25) is 0 Å². The Hall–Kier alpha value is -1.92. The molecule has 0 aliphatic carbocycles. The smallest absolute Gasteiger partial charge is 0.363 e. The monoisotopic (exact) mass is 421 g/mol. The van der Waals surface area contributed by atoms with Gasteiger partial charge in [0.1, 0.15) is 5.75 Å². The SMILES string of the molecule is O=C1OC(c2ccccc2)=N/C1=C/c1cc(Br)c(O)c(Br)c1. The van der Waals surface area contributed by atoms with E-state index in [1.165, 1.54) is 0 Å². The maximum atomic E-state index is 11.9. The van der Waals surface area contributed by atoms with Gasteiger partial charge in [0.25, 0.3) is 0 Å². The third-order valence-corrected chi connectivity index (χ3v) is 4.19. The van der Waals surface area contributed by atoms with Crippen molar-refractivity contribution in [3.8, 4) is 5.75 Å². The zero-order valence-corrected chi connectivity index (χ0v) is 14.3. The van der Waals surface area contributed by atoms with Gasteiger partial charge in [-0.15, -0.1) is 0 Å². The highest BCUT2D eigenvalue weighted by Gasteiger charge is 2.24. The van der Waals surface area contributed by atoms with Crippen LogP contribution in [0.2, 0.25) is 0 Å². The number of halogens is 2. The molecule has 0 atom stereocenters. The van der Waals surface area contributed by atoms with Gasteiger partial charge in [-0.05, 0) is 67.8 Å². The van der Waals surface area contributed by atoms with Crippen molar-refractivity contribution in [2.24, 2.45) is 4.99 Å². The molecule has 1 heterocycles. The van der Waals surface area contributed by atoms with Gasteiger partial charge in [0.15, 0.2) is 5.70 Å². The molecule has 0 saturated heterocycles. The van der Waals surface area contributed by atoms with E-state index in [0.29, 0.717) is 14.5 Å². The number of benzene rings is 2. The lowest BCUT2D eigenvalue weighted by Crippen LogP contribution is -2.04. The van der Waals surface area contributed by atoms with Crippen molar-refractivity contribution in [1.29, 1.82) is 0 Å². The van der Waals surface area contributed by atoms with Crippen molar-refractivity contribution < 1.29 is 14.6 Å². The standard InChI is InChI=1S/C16H9Br2NO3/c17-11-6-9(7-12(18)14(11)20)8-13-16(21)22-15(19-13)10-4-2-1-3-5-10/h1-8,20H/b13-8+. The summed E-state index contributed by atoms with van der Waals surface area (Å²) in [5.41, 5.74) is 1.66. The maximum Gasteiger partial charge on any atom is 0.363 e. The van der Waals surface area contributed by atoms with Crippen LogP contribution in [0.4, 0.5) is 0 Å². The number of esters is 1. The molecule has 0 fully saturated rings. The fraction of sp³-hybridized carbons (Fsp3) is 0. The minimum absolute atomic E-state index is 0.102. The Balaban J connectivity index is 1.98. The summed E-state index contributed by atoms with van der Waals surface area (Å²) >= 11 is 6.50. The van der Waals surface area contributed by atoms with Crippen molar-refractivity contribution >= 4 is 49.8 Å². The van der Waals surface area contributed by atoms with Crippen molar-refractivity contribution in [2.75, 3.05) is 0 Å². The molecular formula is C16H9Br2NO3. The predicted molar refractivity (Wildman–Crippen MR) is 90.6 cm³/mol. The average Bonchev–Trinajstić information content (AvgIpc) is 2.87. The molecular weight excluding hydrogens is 414 g/mol. The van der Waals surface area contributed by atoms with Crippen molar-refractivity contribution in [3.63, 3.8) is 0 Å². The molecule has 1 N–H and O–H groups in total. The Kier molecular flexibility index (Phi) is 4.13. The van der Waals surface area contributed by atoms with Crippen LogP contribution in [-0.4, -0.2) is 17.0 Å². The van der Waals surface area contributed by atoms with Gasteiger partial charge in [-0.25, -0.2) is 9.79 Å². The number of nitrogens with zero attached hydrogens (tertiary/aromatic N) is 1. The molecule has 0 spiro atoms. The number of phenolic OH excluding ortho intramolecular Hbond substituents is 1. The van der Waals surface area contributed by atoms with E-state index < -0.39 is 5.97 Å². The van der Waals surface area contributed by atoms with Gasteiger partial charge in [-0.2, -0.15) is 0 Å². The van der Waals surface area contributed by atoms with E-state index in [9.17, 15) is 9.90 Å². The van der Waals surface area contributed by atoms with Gasteiger partial charge in [0.2, 0.25) is 5.90 Å². The summed E-state index contributed by atoms with van der Waals surface area (Å²) in [5, 5.41) is 9.70. The first-order chi connectivity index (χ1) is 10.5. The van der Waals surface area contributed by atoms with Gasteiger partial charge in [0, 0.05) is 5.56 Å². The molecule has 1 aliphatic rings. The van der Waals surface area contributed by atoms with E-state index in [2.05, 4.69) is 36.9 Å². The second kappa shape index (κ2) is 6.06. The Morgan fingerprint density at radius 3 is 2.36 bits per heavy atom. The molecule has 0 radical (unpaired) electrons. The quantitative estimate of drug-likeness (QED) is 0.581. The first-order valence-corrected chi connectivity index (χ1v) is 7.89. The lowest BCUT2D eigenvalue weighted by atomic mass is 10.2. The number of aromatic hydroxyl groups is 1. The molecule has 0 amide bonds. The van der Waals surface area contributed by atoms with Crippen LogP contribution in [0.25, 0.3) is 6.08 Å². The second-order valence-electron chi connectivity index (χ2n) is 4.54. The Bertz CT molecular complexity index is 790. The van der Waals surface area contributed by atoms with Crippen LogP contribution < -0.4 is 0 Å². The summed E-state index contributed by atoms with van der Waals surface area (Å²) < 4.78 is 6.23. The van der Waals surface area contributed by atoms with E-state index in [1.807, 2.05) is 30.3 Å². The molecule has 3 rings (SSSR count). The van der Waals surface area contributed by atoms with E-state index in [0.717, 1.165) is 5.56 Å². The van der Waals surface area contributed by atoms with Crippen LogP contribution in [0.15, 0.2) is 62.1 Å². The summed E-state index contributed by atoms with van der Waals surface area (Å²) in [6.07, 6.45) is 1.60. The third-order valence-electron chi connectivity index (χ3n) is 2.98. The highest BCUT2D eigenvalue weighted by molar-refractivity contribution is 9.11. The van der Waals surface area contributed by atoms with Crippen LogP contribution in [0.5, 0.6) is 5.75 Å². The largest absolute Gasteiger partial charge is 0.506 e. The molecule has 22 heavy (non-hydrogen) atoms. The van der Waals surface area contributed by atoms with Gasteiger partial charge < -0.3 is 9.84 Å². The van der Waals surface area contributed by atoms with Gasteiger partial charge in [-0.1, -0.05) is 18.2 Å². The van der Waals surface area contributed by atoms with Crippen LogP contribution in [-0.2, 0) is 9.53 Å². The number of aliphatic imine (C=N–C) groups is 1. The molecule has 2 aromatic carbocycles. The number of cyclic esters (lactones) is 1. The average molecular weight is 423 g/mol. The molecule has 110 valence electrons. The van der Waals surface area contributed by atoms with Crippen molar-refractivity contribution in [3.05, 3.63) is 68.2 Å². The van der Waals surface area contributed by atoms with Crippen LogP contribution in [0, 0.1) is 0 Å². The fourth-order valence-corrected chi connectivity index (χ4v) is 3.16. The minimum atomic E-state index is -0.501. The van der Waals surface area contributed by atoms with Crippen LogP contribution in [0.3, 0.4) is 0 Å². The minimum Gasteiger partial charge on any atom is -0.506 e. The molecule has 0 aromatic heterocycles. The third kappa shape index (κ3) is 2.98. The summed E-state index contributed by atoms with van der Waals surface area (Å²) in [6.45, 7) is 0. The van der Waals surface area contributed by atoms with Crippen LogP contribution in [0.1, 0.15) is 11.1 Å². The topological polar surface area (TPSA) is 58.9 Å². The summed E-state index contributed by atoms with van der Waals surface area (Å²) in [6, 6.07) is 12.6. The van der Waals surface area contributed by atoms with Gasteiger partial charge in [0.05, 0.1) is 8.95 Å². The predicted octanol–water partition coefficient (Wildman–Crippen LogP) is 4.26. The zero-order chi connectivity index (χ0) is 15.7. The summed E-state index contributed by atoms with van der Waals surface area (Å²) in [7, 11) is 0. The maximum absolute atomic E-state index is 11.9. The fourth-order valence-electron chi connectivity index (χ4n) is 1.94. The zero-order valence-electron chi connectivity index (χ0n) is 11.1. The van der Waals surface area contributed by atoms with E-state index in [4.69, 9.17) is 4.74 Å². The number of rotatable bonds is 2. The Morgan fingerprint density at radius 2 is 1.73 bits per heavy atom.